The van der Waals surface area contributed by atoms with Gasteiger partial charge in [-0.2, -0.15) is 0 Å². The van der Waals surface area contributed by atoms with Crippen molar-refractivity contribution in [3.05, 3.63) is 49.1 Å². The lowest BCUT2D eigenvalue weighted by molar-refractivity contribution is -0.671. The molecule has 2 aromatic rings. The van der Waals surface area contributed by atoms with E-state index in [4.69, 9.17) is 0 Å². The number of hydrogen-bond acceptors (Lipinski definition) is 1. The zero-order valence-corrected chi connectivity index (χ0v) is 9.77. The lowest BCUT2D eigenvalue weighted by Crippen LogP contribution is -3.00. The van der Waals surface area contributed by atoms with Crippen LogP contribution in [0.15, 0.2) is 49.1 Å². The van der Waals surface area contributed by atoms with Gasteiger partial charge in [-0.3, -0.25) is 0 Å². The van der Waals surface area contributed by atoms with Crippen molar-refractivity contribution in [1.29, 1.82) is 0 Å². The van der Waals surface area contributed by atoms with Gasteiger partial charge in [0.25, 0.3) is 0 Å². The van der Waals surface area contributed by atoms with Crippen LogP contribution in [0, 0.1) is 0 Å². The van der Waals surface area contributed by atoms with Gasteiger partial charge in [0.15, 0.2) is 24.8 Å². The van der Waals surface area contributed by atoms with Crippen LogP contribution in [0.1, 0.15) is 0 Å². The van der Waals surface area contributed by atoms with Crippen LogP contribution in [-0.2, 0) is 14.1 Å². The van der Waals surface area contributed by atoms with Gasteiger partial charge < -0.3 is 14.7 Å². The average Bonchev–Trinajstić information content (AvgIpc) is 2.17. The summed E-state index contributed by atoms with van der Waals surface area (Å²) in [5.74, 6) is 0. The van der Waals surface area contributed by atoms with Gasteiger partial charge in [-0.1, -0.05) is 0 Å². The first-order chi connectivity index (χ1) is 7.24. The molecule has 0 aromatic carbocycles. The molecule has 0 saturated heterocycles. The Hall–Kier alpha value is -2.04. The highest BCUT2D eigenvalue weighted by molar-refractivity contribution is 5.55. The third kappa shape index (κ3) is 4.14. The number of nitrogens with one attached hydrogen (secondary N) is 1. The summed E-state index contributed by atoms with van der Waals surface area (Å²) >= 11 is 0. The summed E-state index contributed by atoms with van der Waals surface area (Å²) in [4.78, 5) is 0. The van der Waals surface area contributed by atoms with Crippen molar-refractivity contribution in [1.82, 2.24) is 0 Å². The molecule has 2 aromatic heterocycles. The average molecular weight is 239 g/mol. The molecular formula is C12H15F2N3. The van der Waals surface area contributed by atoms with Crippen LogP contribution in [0.2, 0.25) is 0 Å². The number of anilines is 2. The van der Waals surface area contributed by atoms with Crippen molar-refractivity contribution in [2.24, 2.45) is 14.1 Å². The molecule has 0 aliphatic heterocycles. The van der Waals surface area contributed by atoms with Crippen LogP contribution < -0.4 is 23.9 Å². The highest BCUT2D eigenvalue weighted by Crippen LogP contribution is 2.11. The number of aromatic nitrogens is 2. The van der Waals surface area contributed by atoms with E-state index in [2.05, 4.69) is 5.32 Å². The molecule has 0 saturated carbocycles. The fourth-order valence-corrected chi connectivity index (χ4v) is 1.49. The van der Waals surface area contributed by atoms with Crippen molar-refractivity contribution in [2.45, 2.75) is 0 Å². The first-order valence-corrected chi connectivity index (χ1v) is 4.92. The zero-order chi connectivity index (χ0) is 10.7. The molecule has 0 aliphatic rings. The summed E-state index contributed by atoms with van der Waals surface area (Å²) in [5.41, 5.74) is 2.18. The first kappa shape index (κ1) is 15.0. The predicted molar refractivity (Wildman–Crippen MR) is 58.5 cm³/mol. The third-order valence-electron chi connectivity index (χ3n) is 2.17. The van der Waals surface area contributed by atoms with E-state index in [1.54, 1.807) is 0 Å². The Balaban J connectivity index is 0.00000128. The SMILES string of the molecule is C[n+]1cccc(Nc2ccc[n+](C)c2)c1.[F-].[F-]. The molecule has 3 nitrogen and oxygen atoms in total. The van der Waals surface area contributed by atoms with Gasteiger partial charge >= 0.3 is 0 Å². The molecule has 0 amide bonds. The Bertz CT molecular complexity index is 431. The first-order valence-electron chi connectivity index (χ1n) is 4.92. The lowest BCUT2D eigenvalue weighted by Gasteiger charge is -2.02. The second-order valence-electron chi connectivity index (χ2n) is 3.64. The Labute approximate surface area is 99.1 Å². The van der Waals surface area contributed by atoms with Crippen LogP contribution >= 0.6 is 0 Å². The largest absolute Gasteiger partial charge is 1.00 e. The summed E-state index contributed by atoms with van der Waals surface area (Å²) in [6.45, 7) is 0. The van der Waals surface area contributed by atoms with Crippen molar-refractivity contribution >= 4 is 11.4 Å². The van der Waals surface area contributed by atoms with Crippen molar-refractivity contribution in [2.75, 3.05) is 5.32 Å². The van der Waals surface area contributed by atoms with E-state index < -0.39 is 0 Å². The molecule has 17 heavy (non-hydrogen) atoms. The molecule has 0 spiro atoms. The quantitative estimate of drug-likeness (QED) is 0.521. The van der Waals surface area contributed by atoms with E-state index in [-0.39, 0.29) is 9.41 Å². The van der Waals surface area contributed by atoms with Gasteiger partial charge in [0.1, 0.15) is 25.5 Å². The number of hydrogen-bond donors (Lipinski definition) is 1. The molecule has 0 unspecified atom stereocenters. The van der Waals surface area contributed by atoms with E-state index in [1.807, 2.05) is 72.3 Å². The van der Waals surface area contributed by atoms with Crippen molar-refractivity contribution in [3.8, 4) is 0 Å². The van der Waals surface area contributed by atoms with Crippen LogP contribution in [0.4, 0.5) is 11.4 Å². The molecule has 0 atom stereocenters. The number of nitrogens with zero attached hydrogens (tertiary/aromatic N) is 2. The monoisotopic (exact) mass is 239 g/mol. The van der Waals surface area contributed by atoms with Gasteiger partial charge in [0.2, 0.25) is 0 Å². The molecule has 0 aliphatic carbocycles. The van der Waals surface area contributed by atoms with Crippen LogP contribution in [0.25, 0.3) is 0 Å². The molecule has 5 heteroatoms. The predicted octanol–water partition coefficient (Wildman–Crippen LogP) is -4.91. The Kier molecular flexibility index (Phi) is 5.74. The van der Waals surface area contributed by atoms with E-state index >= 15 is 0 Å². The fraction of sp³-hybridized carbons (Fsp3) is 0.167. The van der Waals surface area contributed by atoms with Crippen LogP contribution in [-0.4, -0.2) is 0 Å². The van der Waals surface area contributed by atoms with Gasteiger partial charge in [0, 0.05) is 12.1 Å². The summed E-state index contributed by atoms with van der Waals surface area (Å²) < 4.78 is 4.04. The lowest BCUT2D eigenvalue weighted by atomic mass is 10.3. The van der Waals surface area contributed by atoms with Crippen LogP contribution in [0.3, 0.4) is 0 Å². The van der Waals surface area contributed by atoms with E-state index in [1.165, 1.54) is 0 Å². The maximum Gasteiger partial charge on any atom is 0.192 e. The summed E-state index contributed by atoms with van der Waals surface area (Å²) in [7, 11) is 4.02. The molecule has 0 bridgehead atoms. The normalized spacial score (nSPS) is 8.82. The van der Waals surface area contributed by atoms with Crippen molar-refractivity contribution < 1.29 is 18.5 Å². The molecule has 0 fully saturated rings. The second-order valence-corrected chi connectivity index (χ2v) is 3.64. The molecule has 0 radical (unpaired) electrons. The van der Waals surface area contributed by atoms with Gasteiger partial charge in [0.05, 0.1) is 0 Å². The topological polar surface area (TPSA) is 19.8 Å². The third-order valence-corrected chi connectivity index (χ3v) is 2.17. The number of rotatable bonds is 2. The Morgan fingerprint density at radius 3 is 1.59 bits per heavy atom. The highest BCUT2D eigenvalue weighted by Gasteiger charge is 2.01. The second kappa shape index (κ2) is 6.52. The fourth-order valence-electron chi connectivity index (χ4n) is 1.49. The highest BCUT2D eigenvalue weighted by atomic mass is 19.0. The zero-order valence-electron chi connectivity index (χ0n) is 9.77. The minimum absolute atomic E-state index is 0. The Morgan fingerprint density at radius 2 is 1.24 bits per heavy atom. The van der Waals surface area contributed by atoms with E-state index in [0.717, 1.165) is 11.4 Å². The summed E-state index contributed by atoms with van der Waals surface area (Å²) in [6.07, 6.45) is 8.12. The molecule has 2 heterocycles. The van der Waals surface area contributed by atoms with Crippen molar-refractivity contribution in [3.63, 3.8) is 0 Å². The number of aryl methyl sites for hydroxylation is 2. The van der Waals surface area contributed by atoms with E-state index in [0.29, 0.717) is 0 Å². The van der Waals surface area contributed by atoms with Gasteiger partial charge in [-0.25, -0.2) is 9.13 Å². The molecule has 92 valence electrons. The minimum Gasteiger partial charge on any atom is -1.00 e. The van der Waals surface area contributed by atoms with Gasteiger partial charge in [-0.15, -0.1) is 0 Å². The summed E-state index contributed by atoms with van der Waals surface area (Å²) in [5, 5.41) is 3.34. The smallest absolute Gasteiger partial charge is 0.192 e. The maximum atomic E-state index is 3.34. The van der Waals surface area contributed by atoms with Crippen LogP contribution in [0.5, 0.6) is 0 Å². The van der Waals surface area contributed by atoms with E-state index in [9.17, 15) is 0 Å². The maximum absolute atomic E-state index is 3.34. The summed E-state index contributed by atoms with van der Waals surface area (Å²) in [6, 6.07) is 8.14. The molecule has 1 N–H and O–H groups in total. The number of halogens is 2. The van der Waals surface area contributed by atoms with Gasteiger partial charge in [-0.05, 0) is 12.1 Å². The Morgan fingerprint density at radius 1 is 0.824 bits per heavy atom. The standard InChI is InChI=1S/C12H15N3.2FH/c1-14-7-3-5-11(9-14)13-12-6-4-8-15(2)10-12;;/h3-10,13H,1-2H3;2*1H/q+2;;/p-2. The molecular weight excluding hydrogens is 224 g/mol. The minimum atomic E-state index is 0. The number of pyridine rings is 2. The molecule has 2 rings (SSSR count).